The molecule has 1 unspecified atom stereocenters. The van der Waals surface area contributed by atoms with Crippen molar-refractivity contribution in [2.75, 3.05) is 13.1 Å². The van der Waals surface area contributed by atoms with Gasteiger partial charge >= 0.3 is 0 Å². The van der Waals surface area contributed by atoms with E-state index in [4.69, 9.17) is 5.73 Å². The molecule has 0 spiro atoms. The van der Waals surface area contributed by atoms with E-state index in [-0.39, 0.29) is 11.9 Å². The molecule has 2 aromatic rings. The van der Waals surface area contributed by atoms with Crippen LogP contribution < -0.4 is 5.73 Å². The molecule has 1 aliphatic rings. The molecule has 1 aromatic heterocycles. The van der Waals surface area contributed by atoms with Gasteiger partial charge in [0.05, 0.1) is 23.1 Å². The van der Waals surface area contributed by atoms with Crippen LogP contribution in [-0.2, 0) is 0 Å². The van der Waals surface area contributed by atoms with E-state index < -0.39 is 0 Å². The Bertz CT molecular complexity index is 732. The number of benzene rings is 1. The van der Waals surface area contributed by atoms with E-state index in [1.54, 1.807) is 6.20 Å². The summed E-state index contributed by atoms with van der Waals surface area (Å²) in [5, 5.41) is 4.41. The first-order valence-corrected chi connectivity index (χ1v) is 9.12. The first-order valence-electron chi connectivity index (χ1n) is 8.33. The zero-order valence-electron chi connectivity index (χ0n) is 14.1. The van der Waals surface area contributed by atoms with Crippen LogP contribution in [0.3, 0.4) is 0 Å². The maximum absolute atomic E-state index is 12.8. The van der Waals surface area contributed by atoms with Gasteiger partial charge in [-0.2, -0.15) is 5.10 Å². The van der Waals surface area contributed by atoms with Crippen LogP contribution in [0.2, 0.25) is 0 Å². The minimum absolute atomic E-state index is 0.0665. The topological polar surface area (TPSA) is 64.2 Å². The van der Waals surface area contributed by atoms with Gasteiger partial charge in [-0.15, -0.1) is 0 Å². The number of aromatic nitrogens is 2. The van der Waals surface area contributed by atoms with Gasteiger partial charge in [-0.1, -0.05) is 22.0 Å². The highest BCUT2D eigenvalue weighted by atomic mass is 79.9. The Morgan fingerprint density at radius 2 is 2.08 bits per heavy atom. The Kier molecular flexibility index (Phi) is 5.06. The van der Waals surface area contributed by atoms with Gasteiger partial charge in [0, 0.05) is 23.6 Å². The number of nitrogens with two attached hydrogens (primary N) is 1. The van der Waals surface area contributed by atoms with Crippen LogP contribution in [0, 0.1) is 12.8 Å². The van der Waals surface area contributed by atoms with Crippen LogP contribution in [0.25, 0.3) is 5.69 Å². The van der Waals surface area contributed by atoms with Gasteiger partial charge in [-0.05, 0) is 50.8 Å². The minimum atomic E-state index is 0.0665. The van der Waals surface area contributed by atoms with Crippen molar-refractivity contribution in [3.63, 3.8) is 0 Å². The average Bonchev–Trinajstić information content (AvgIpc) is 2.96. The maximum atomic E-state index is 12.8. The standard InChI is InChI=1S/C18H23BrN4O/c1-12(20)14-6-8-22(9-7-14)18(24)17-11-21-23(13(17)2)16-5-3-4-15(19)10-16/h3-5,10-12,14H,6-9,20H2,1-2H3. The molecule has 0 bridgehead atoms. The fourth-order valence-corrected chi connectivity index (χ4v) is 3.67. The summed E-state index contributed by atoms with van der Waals surface area (Å²) in [6.07, 6.45) is 3.63. The quantitative estimate of drug-likeness (QED) is 0.875. The molecular weight excluding hydrogens is 368 g/mol. The Labute approximate surface area is 151 Å². The number of hydrogen-bond donors (Lipinski definition) is 1. The van der Waals surface area contributed by atoms with E-state index in [1.165, 1.54) is 0 Å². The molecule has 1 fully saturated rings. The molecule has 1 atom stereocenters. The van der Waals surface area contributed by atoms with Crippen LogP contribution in [0.1, 0.15) is 35.8 Å². The summed E-state index contributed by atoms with van der Waals surface area (Å²) in [6.45, 7) is 5.53. The molecular formula is C18H23BrN4O. The summed E-state index contributed by atoms with van der Waals surface area (Å²) in [5.74, 6) is 0.580. The zero-order valence-corrected chi connectivity index (χ0v) is 15.7. The van der Waals surface area contributed by atoms with Crippen LogP contribution in [0.15, 0.2) is 34.9 Å². The number of hydrogen-bond acceptors (Lipinski definition) is 3. The van der Waals surface area contributed by atoms with Crippen molar-refractivity contribution in [1.82, 2.24) is 14.7 Å². The molecule has 1 saturated heterocycles. The van der Waals surface area contributed by atoms with E-state index in [0.29, 0.717) is 11.5 Å². The number of nitrogens with zero attached hydrogens (tertiary/aromatic N) is 3. The van der Waals surface area contributed by atoms with E-state index in [2.05, 4.69) is 21.0 Å². The third-order valence-electron chi connectivity index (χ3n) is 4.86. The smallest absolute Gasteiger partial charge is 0.257 e. The van der Waals surface area contributed by atoms with Gasteiger partial charge in [0.2, 0.25) is 0 Å². The van der Waals surface area contributed by atoms with Crippen molar-refractivity contribution in [2.24, 2.45) is 11.7 Å². The lowest BCUT2D eigenvalue weighted by molar-refractivity contribution is 0.0680. The zero-order chi connectivity index (χ0) is 17.3. The summed E-state index contributed by atoms with van der Waals surface area (Å²) >= 11 is 3.47. The molecule has 0 radical (unpaired) electrons. The summed E-state index contributed by atoms with van der Waals surface area (Å²) in [6, 6.07) is 8.09. The van der Waals surface area contributed by atoms with E-state index in [1.807, 2.05) is 47.7 Å². The molecule has 128 valence electrons. The molecule has 2 N–H and O–H groups in total. The summed E-state index contributed by atoms with van der Waals surface area (Å²) in [7, 11) is 0. The second-order valence-electron chi connectivity index (χ2n) is 6.52. The molecule has 1 amide bonds. The third-order valence-corrected chi connectivity index (χ3v) is 5.36. The predicted molar refractivity (Wildman–Crippen MR) is 98.3 cm³/mol. The number of halogens is 1. The fourth-order valence-electron chi connectivity index (χ4n) is 3.29. The first kappa shape index (κ1) is 17.2. The Hall–Kier alpha value is -1.66. The second kappa shape index (κ2) is 7.07. The van der Waals surface area contributed by atoms with Gasteiger partial charge < -0.3 is 10.6 Å². The Balaban J connectivity index is 1.78. The minimum Gasteiger partial charge on any atom is -0.339 e. The molecule has 0 aliphatic carbocycles. The molecule has 1 aromatic carbocycles. The highest BCUT2D eigenvalue weighted by Gasteiger charge is 2.27. The monoisotopic (exact) mass is 390 g/mol. The van der Waals surface area contributed by atoms with Crippen molar-refractivity contribution in [1.29, 1.82) is 0 Å². The highest BCUT2D eigenvalue weighted by molar-refractivity contribution is 9.10. The van der Waals surface area contributed by atoms with Crippen molar-refractivity contribution in [3.05, 3.63) is 46.2 Å². The molecule has 1 aliphatic heterocycles. The molecule has 5 nitrogen and oxygen atoms in total. The van der Waals surface area contributed by atoms with Gasteiger partial charge in [0.1, 0.15) is 0 Å². The highest BCUT2D eigenvalue weighted by Crippen LogP contribution is 2.23. The predicted octanol–water partition coefficient (Wildman–Crippen LogP) is 3.14. The van der Waals surface area contributed by atoms with E-state index in [0.717, 1.165) is 41.8 Å². The molecule has 2 heterocycles. The lowest BCUT2D eigenvalue weighted by Gasteiger charge is -2.33. The first-order chi connectivity index (χ1) is 11.5. The average molecular weight is 391 g/mol. The van der Waals surface area contributed by atoms with Gasteiger partial charge in [0.25, 0.3) is 5.91 Å². The summed E-state index contributed by atoms with van der Waals surface area (Å²) in [5.41, 5.74) is 8.47. The number of carbonyl (C=O) groups is 1. The van der Waals surface area contributed by atoms with Gasteiger partial charge in [0.15, 0.2) is 0 Å². The maximum Gasteiger partial charge on any atom is 0.257 e. The number of piperidine rings is 1. The lowest BCUT2D eigenvalue weighted by Crippen LogP contribution is -2.42. The number of likely N-dealkylation sites (tertiary alicyclic amines) is 1. The van der Waals surface area contributed by atoms with Gasteiger partial charge in [-0.3, -0.25) is 4.79 Å². The molecule has 3 rings (SSSR count). The SMILES string of the molecule is Cc1c(C(=O)N2CCC(C(C)N)CC2)cnn1-c1cccc(Br)c1. The van der Waals surface area contributed by atoms with Crippen LogP contribution in [0.4, 0.5) is 0 Å². The van der Waals surface area contributed by atoms with Crippen LogP contribution in [0.5, 0.6) is 0 Å². The van der Waals surface area contributed by atoms with Crippen LogP contribution >= 0.6 is 15.9 Å². The Morgan fingerprint density at radius 1 is 1.38 bits per heavy atom. The van der Waals surface area contributed by atoms with Gasteiger partial charge in [-0.25, -0.2) is 4.68 Å². The van der Waals surface area contributed by atoms with Crippen molar-refractivity contribution < 1.29 is 4.79 Å². The third kappa shape index (κ3) is 3.39. The lowest BCUT2D eigenvalue weighted by atomic mass is 9.91. The number of amides is 1. The van der Waals surface area contributed by atoms with Crippen molar-refractivity contribution >= 4 is 21.8 Å². The summed E-state index contributed by atoms with van der Waals surface area (Å²) < 4.78 is 2.80. The normalized spacial score (nSPS) is 17.1. The van der Waals surface area contributed by atoms with Crippen molar-refractivity contribution in [2.45, 2.75) is 32.7 Å². The Morgan fingerprint density at radius 3 is 2.71 bits per heavy atom. The van der Waals surface area contributed by atoms with E-state index >= 15 is 0 Å². The molecule has 0 saturated carbocycles. The number of carbonyl (C=O) groups excluding carboxylic acids is 1. The van der Waals surface area contributed by atoms with Crippen LogP contribution in [-0.4, -0.2) is 39.7 Å². The largest absolute Gasteiger partial charge is 0.339 e. The number of rotatable bonds is 3. The second-order valence-corrected chi connectivity index (χ2v) is 7.44. The fraction of sp³-hybridized carbons (Fsp3) is 0.444. The summed E-state index contributed by atoms with van der Waals surface area (Å²) in [4.78, 5) is 14.8. The molecule has 6 heteroatoms. The van der Waals surface area contributed by atoms with Crippen molar-refractivity contribution in [3.8, 4) is 5.69 Å². The molecule has 24 heavy (non-hydrogen) atoms. The van der Waals surface area contributed by atoms with E-state index in [9.17, 15) is 4.79 Å².